The molecule has 0 unspecified atom stereocenters. The highest BCUT2D eigenvalue weighted by molar-refractivity contribution is 14.1. The first-order valence-electron chi connectivity index (χ1n) is 6.41. The fraction of sp³-hybridized carbons (Fsp3) is 0.267. The summed E-state index contributed by atoms with van der Waals surface area (Å²) in [7, 11) is 0. The number of hydrogen-bond acceptors (Lipinski definition) is 2. The molecule has 1 aliphatic rings. The molecule has 4 heteroatoms. The molecule has 19 heavy (non-hydrogen) atoms. The van der Waals surface area contributed by atoms with Crippen LogP contribution in [0, 0.1) is 3.57 Å². The maximum absolute atomic E-state index is 12.3. The van der Waals surface area contributed by atoms with Crippen LogP contribution in [0.25, 0.3) is 0 Å². The molecule has 1 heterocycles. The highest BCUT2D eigenvalue weighted by Crippen LogP contribution is 2.30. The van der Waals surface area contributed by atoms with Gasteiger partial charge in [0.2, 0.25) is 0 Å². The van der Waals surface area contributed by atoms with E-state index in [-0.39, 0.29) is 5.91 Å². The summed E-state index contributed by atoms with van der Waals surface area (Å²) in [5, 5.41) is 3.00. The Morgan fingerprint density at radius 3 is 2.79 bits per heavy atom. The maximum atomic E-state index is 12.3. The number of nitrogens with one attached hydrogen (secondary N) is 1. The minimum Gasteiger partial charge on any atom is -0.320 e. The van der Waals surface area contributed by atoms with Gasteiger partial charge in [-0.05, 0) is 72.0 Å². The van der Waals surface area contributed by atoms with E-state index in [1.807, 2.05) is 24.3 Å². The third-order valence-electron chi connectivity index (χ3n) is 3.34. The van der Waals surface area contributed by atoms with Gasteiger partial charge in [0.05, 0.1) is 10.6 Å². The minimum absolute atomic E-state index is 0.0171. The van der Waals surface area contributed by atoms with Gasteiger partial charge in [-0.25, -0.2) is 0 Å². The van der Waals surface area contributed by atoms with Crippen LogP contribution in [0.2, 0.25) is 0 Å². The van der Waals surface area contributed by atoms with E-state index in [2.05, 4.69) is 34.0 Å². The third-order valence-corrected chi connectivity index (χ3v) is 5.52. The molecule has 1 aromatic heterocycles. The molecule has 0 atom stereocenters. The predicted octanol–water partition coefficient (Wildman–Crippen LogP) is 4.48. The lowest BCUT2D eigenvalue weighted by atomic mass is 9.99. The lowest BCUT2D eigenvalue weighted by molar-refractivity contribution is 0.103. The SMILES string of the molecule is O=C(Nc1ccccc1I)c1cc2c(s1)CCCC2. The largest absolute Gasteiger partial charge is 0.320 e. The quantitative estimate of drug-likeness (QED) is 0.762. The van der Waals surface area contributed by atoms with Crippen molar-refractivity contribution in [1.29, 1.82) is 0 Å². The Morgan fingerprint density at radius 1 is 1.21 bits per heavy atom. The number of amides is 1. The highest BCUT2D eigenvalue weighted by atomic mass is 127. The molecular weight excluding hydrogens is 369 g/mol. The van der Waals surface area contributed by atoms with E-state index < -0.39 is 0 Å². The molecule has 2 aromatic rings. The number of hydrogen-bond donors (Lipinski definition) is 1. The van der Waals surface area contributed by atoms with E-state index >= 15 is 0 Å². The number of fused-ring (bicyclic) bond motifs is 1. The molecule has 0 aliphatic heterocycles. The molecule has 0 fully saturated rings. The van der Waals surface area contributed by atoms with Gasteiger partial charge in [0.1, 0.15) is 0 Å². The topological polar surface area (TPSA) is 29.1 Å². The zero-order valence-corrected chi connectivity index (χ0v) is 13.4. The number of aryl methyl sites for hydroxylation is 2. The second kappa shape index (κ2) is 5.63. The van der Waals surface area contributed by atoms with Gasteiger partial charge in [-0.1, -0.05) is 12.1 Å². The summed E-state index contributed by atoms with van der Waals surface area (Å²) in [5.41, 5.74) is 2.27. The molecule has 0 saturated heterocycles. The normalized spacial score (nSPS) is 13.9. The Labute approximate surface area is 130 Å². The Kier molecular flexibility index (Phi) is 3.88. The number of carbonyl (C=O) groups is 1. The van der Waals surface area contributed by atoms with Crippen molar-refractivity contribution in [3.63, 3.8) is 0 Å². The average molecular weight is 383 g/mol. The van der Waals surface area contributed by atoms with Crippen LogP contribution in [0.15, 0.2) is 30.3 Å². The third kappa shape index (κ3) is 2.84. The minimum atomic E-state index is 0.0171. The van der Waals surface area contributed by atoms with Crippen molar-refractivity contribution in [2.24, 2.45) is 0 Å². The van der Waals surface area contributed by atoms with Crippen LogP contribution in [0.4, 0.5) is 5.69 Å². The van der Waals surface area contributed by atoms with E-state index in [1.54, 1.807) is 11.3 Å². The van der Waals surface area contributed by atoms with Gasteiger partial charge in [0, 0.05) is 8.45 Å². The Hall–Kier alpha value is -0.880. The summed E-state index contributed by atoms with van der Waals surface area (Å²) in [5.74, 6) is 0.0171. The van der Waals surface area contributed by atoms with E-state index in [0.717, 1.165) is 27.0 Å². The summed E-state index contributed by atoms with van der Waals surface area (Å²) in [6, 6.07) is 9.92. The van der Waals surface area contributed by atoms with Gasteiger partial charge in [0.25, 0.3) is 5.91 Å². The Morgan fingerprint density at radius 2 is 2.00 bits per heavy atom. The van der Waals surface area contributed by atoms with Gasteiger partial charge < -0.3 is 5.32 Å². The summed E-state index contributed by atoms with van der Waals surface area (Å²) in [6.07, 6.45) is 4.77. The number of para-hydroxylation sites is 1. The number of anilines is 1. The fourth-order valence-corrected chi connectivity index (χ4v) is 4.02. The van der Waals surface area contributed by atoms with E-state index in [4.69, 9.17) is 0 Å². The van der Waals surface area contributed by atoms with Crippen molar-refractivity contribution in [2.75, 3.05) is 5.32 Å². The van der Waals surface area contributed by atoms with Gasteiger partial charge in [-0.2, -0.15) is 0 Å². The molecule has 1 amide bonds. The zero-order valence-electron chi connectivity index (χ0n) is 10.4. The molecule has 0 spiro atoms. The summed E-state index contributed by atoms with van der Waals surface area (Å²) in [4.78, 5) is 14.5. The molecule has 0 bridgehead atoms. The fourth-order valence-electron chi connectivity index (χ4n) is 2.35. The summed E-state index contributed by atoms with van der Waals surface area (Å²) in [6.45, 7) is 0. The first kappa shape index (κ1) is 13.1. The molecular formula is C15H14INOS. The van der Waals surface area contributed by atoms with Crippen molar-refractivity contribution >= 4 is 45.5 Å². The first-order valence-corrected chi connectivity index (χ1v) is 8.31. The van der Waals surface area contributed by atoms with Crippen molar-refractivity contribution in [1.82, 2.24) is 0 Å². The van der Waals surface area contributed by atoms with Crippen molar-refractivity contribution in [3.05, 3.63) is 49.2 Å². The van der Waals surface area contributed by atoms with Gasteiger partial charge in [-0.15, -0.1) is 11.3 Å². The van der Waals surface area contributed by atoms with E-state index in [0.29, 0.717) is 0 Å². The molecule has 1 N–H and O–H groups in total. The van der Waals surface area contributed by atoms with Crippen LogP contribution in [-0.4, -0.2) is 5.91 Å². The number of rotatable bonds is 2. The Balaban J connectivity index is 1.81. The smallest absolute Gasteiger partial charge is 0.265 e. The molecule has 1 aromatic carbocycles. The monoisotopic (exact) mass is 383 g/mol. The van der Waals surface area contributed by atoms with Gasteiger partial charge in [0.15, 0.2) is 0 Å². The summed E-state index contributed by atoms with van der Waals surface area (Å²) < 4.78 is 1.06. The molecule has 0 radical (unpaired) electrons. The Bertz CT molecular complexity index is 597. The van der Waals surface area contributed by atoms with Gasteiger partial charge >= 0.3 is 0 Å². The summed E-state index contributed by atoms with van der Waals surface area (Å²) >= 11 is 3.89. The van der Waals surface area contributed by atoms with Crippen LogP contribution < -0.4 is 5.32 Å². The molecule has 2 nitrogen and oxygen atoms in total. The second-order valence-corrected chi connectivity index (χ2v) is 7.00. The average Bonchev–Trinajstić information content (AvgIpc) is 2.85. The van der Waals surface area contributed by atoms with Crippen LogP contribution in [-0.2, 0) is 12.8 Å². The lowest BCUT2D eigenvalue weighted by Gasteiger charge is -2.08. The maximum Gasteiger partial charge on any atom is 0.265 e. The van der Waals surface area contributed by atoms with E-state index in [1.165, 1.54) is 23.3 Å². The van der Waals surface area contributed by atoms with Gasteiger partial charge in [-0.3, -0.25) is 4.79 Å². The highest BCUT2D eigenvalue weighted by Gasteiger charge is 2.17. The molecule has 0 saturated carbocycles. The van der Waals surface area contributed by atoms with E-state index in [9.17, 15) is 4.79 Å². The number of thiophene rings is 1. The molecule has 3 rings (SSSR count). The van der Waals surface area contributed by atoms with Crippen LogP contribution in [0.5, 0.6) is 0 Å². The number of carbonyl (C=O) groups excluding carboxylic acids is 1. The van der Waals surface area contributed by atoms with Crippen LogP contribution in [0.3, 0.4) is 0 Å². The van der Waals surface area contributed by atoms with Crippen LogP contribution >= 0.6 is 33.9 Å². The molecule has 98 valence electrons. The second-order valence-electron chi connectivity index (χ2n) is 4.70. The molecule has 1 aliphatic carbocycles. The zero-order chi connectivity index (χ0) is 13.2. The predicted molar refractivity (Wildman–Crippen MR) is 88.1 cm³/mol. The standard InChI is InChI=1S/C15H14INOS/c16-11-6-2-3-7-12(11)17-15(18)14-9-10-5-1-4-8-13(10)19-14/h2-3,6-7,9H,1,4-5,8H2,(H,17,18). The van der Waals surface area contributed by atoms with Crippen molar-refractivity contribution < 1.29 is 4.79 Å². The van der Waals surface area contributed by atoms with Crippen LogP contribution in [0.1, 0.15) is 33.0 Å². The number of halogens is 1. The lowest BCUT2D eigenvalue weighted by Crippen LogP contribution is -2.11. The first-order chi connectivity index (χ1) is 9.24. The van der Waals surface area contributed by atoms with Crippen molar-refractivity contribution in [2.45, 2.75) is 25.7 Å². The van der Waals surface area contributed by atoms with Crippen molar-refractivity contribution in [3.8, 4) is 0 Å². The number of benzene rings is 1.